The first-order chi connectivity index (χ1) is 10.1. The van der Waals surface area contributed by atoms with Crippen molar-refractivity contribution < 1.29 is 17.9 Å². The number of nitrogens with two attached hydrogens (primary N) is 1. The fourth-order valence-corrected chi connectivity index (χ4v) is 1.62. The van der Waals surface area contributed by atoms with Gasteiger partial charge in [0.05, 0.1) is 6.54 Å². The molecule has 0 bridgehead atoms. The third kappa shape index (κ3) is 4.01. The SMILES string of the molecule is NCC#Cc1ccc(COc2ccc(F)c(F)c2)c(F)c1. The largest absolute Gasteiger partial charge is 0.489 e. The number of rotatable bonds is 3. The maximum absolute atomic E-state index is 13.8. The van der Waals surface area contributed by atoms with Gasteiger partial charge in [-0.1, -0.05) is 17.9 Å². The number of benzene rings is 2. The van der Waals surface area contributed by atoms with Crippen LogP contribution in [-0.4, -0.2) is 6.54 Å². The molecule has 0 fully saturated rings. The first-order valence-electron chi connectivity index (χ1n) is 6.15. The zero-order chi connectivity index (χ0) is 15.2. The Morgan fingerprint density at radius 2 is 1.76 bits per heavy atom. The lowest BCUT2D eigenvalue weighted by molar-refractivity contribution is 0.297. The van der Waals surface area contributed by atoms with Gasteiger partial charge in [0.2, 0.25) is 0 Å². The average Bonchev–Trinajstić information content (AvgIpc) is 2.47. The Balaban J connectivity index is 2.07. The van der Waals surface area contributed by atoms with Crippen LogP contribution in [0.3, 0.4) is 0 Å². The third-order valence-electron chi connectivity index (χ3n) is 2.67. The van der Waals surface area contributed by atoms with Crippen LogP contribution >= 0.6 is 0 Å². The van der Waals surface area contributed by atoms with E-state index in [0.29, 0.717) is 5.56 Å². The molecule has 2 aromatic carbocycles. The Morgan fingerprint density at radius 3 is 2.43 bits per heavy atom. The summed E-state index contributed by atoms with van der Waals surface area (Å²) in [6.45, 7) is 0.101. The fourth-order valence-electron chi connectivity index (χ4n) is 1.62. The van der Waals surface area contributed by atoms with Crippen LogP contribution in [0.5, 0.6) is 5.75 Å². The molecule has 0 saturated heterocycles. The molecule has 0 saturated carbocycles. The summed E-state index contributed by atoms with van der Waals surface area (Å²) in [4.78, 5) is 0. The molecule has 0 heterocycles. The Kier molecular flexibility index (Phi) is 4.85. The van der Waals surface area contributed by atoms with E-state index in [9.17, 15) is 13.2 Å². The molecule has 0 unspecified atom stereocenters. The van der Waals surface area contributed by atoms with E-state index in [0.717, 1.165) is 12.1 Å². The predicted octanol–water partition coefficient (Wildman–Crippen LogP) is 2.99. The van der Waals surface area contributed by atoms with Gasteiger partial charge in [0.1, 0.15) is 18.2 Å². The van der Waals surface area contributed by atoms with Gasteiger partial charge in [-0.3, -0.25) is 0 Å². The van der Waals surface area contributed by atoms with Gasteiger partial charge < -0.3 is 10.5 Å². The Bertz CT molecular complexity index is 704. The fraction of sp³-hybridized carbons (Fsp3) is 0.125. The molecular formula is C16H12F3NO. The van der Waals surface area contributed by atoms with Gasteiger partial charge in [0, 0.05) is 17.2 Å². The highest BCUT2D eigenvalue weighted by atomic mass is 19.2. The Hall–Kier alpha value is -2.45. The highest BCUT2D eigenvalue weighted by Gasteiger charge is 2.06. The van der Waals surface area contributed by atoms with Crippen molar-refractivity contribution in [3.05, 3.63) is 65.0 Å². The zero-order valence-corrected chi connectivity index (χ0v) is 11.0. The van der Waals surface area contributed by atoms with Gasteiger partial charge >= 0.3 is 0 Å². The third-order valence-corrected chi connectivity index (χ3v) is 2.67. The van der Waals surface area contributed by atoms with Crippen LogP contribution < -0.4 is 10.5 Å². The summed E-state index contributed by atoms with van der Waals surface area (Å²) in [7, 11) is 0. The van der Waals surface area contributed by atoms with Crippen LogP contribution in [0, 0.1) is 29.3 Å². The first-order valence-corrected chi connectivity index (χ1v) is 6.15. The summed E-state index contributed by atoms with van der Waals surface area (Å²) >= 11 is 0. The molecule has 0 aliphatic carbocycles. The molecule has 2 aromatic rings. The van der Waals surface area contributed by atoms with Crippen LogP contribution in [0.4, 0.5) is 13.2 Å². The topological polar surface area (TPSA) is 35.2 Å². The molecule has 2 nitrogen and oxygen atoms in total. The molecule has 0 aliphatic heterocycles. The van der Waals surface area contributed by atoms with Crippen molar-refractivity contribution >= 4 is 0 Å². The molecule has 108 valence electrons. The summed E-state index contributed by atoms with van der Waals surface area (Å²) in [5, 5.41) is 0. The van der Waals surface area contributed by atoms with E-state index in [1.807, 2.05) is 0 Å². The standard InChI is InChI=1S/C16H12F3NO/c17-14-6-5-13(9-16(14)19)21-10-12-4-3-11(2-1-7-20)8-15(12)18/h3-6,8-9H,7,10,20H2. The lowest BCUT2D eigenvalue weighted by atomic mass is 10.1. The van der Waals surface area contributed by atoms with Crippen LogP contribution in [0.25, 0.3) is 0 Å². The van der Waals surface area contributed by atoms with Crippen molar-refractivity contribution in [2.75, 3.05) is 6.54 Å². The van der Waals surface area contributed by atoms with Crippen molar-refractivity contribution in [1.29, 1.82) is 0 Å². The van der Waals surface area contributed by atoms with E-state index in [1.165, 1.54) is 18.2 Å². The van der Waals surface area contributed by atoms with E-state index < -0.39 is 17.5 Å². The number of halogens is 3. The van der Waals surface area contributed by atoms with Gasteiger partial charge in [-0.05, 0) is 24.3 Å². The van der Waals surface area contributed by atoms with E-state index in [2.05, 4.69) is 11.8 Å². The maximum Gasteiger partial charge on any atom is 0.162 e. The van der Waals surface area contributed by atoms with E-state index in [4.69, 9.17) is 10.5 Å². The van der Waals surface area contributed by atoms with E-state index in [1.54, 1.807) is 6.07 Å². The number of hydrogen-bond acceptors (Lipinski definition) is 2. The van der Waals surface area contributed by atoms with Gasteiger partial charge in [-0.2, -0.15) is 0 Å². The maximum atomic E-state index is 13.8. The number of ether oxygens (including phenoxy) is 1. The highest BCUT2D eigenvalue weighted by molar-refractivity contribution is 5.37. The summed E-state index contributed by atoms with van der Waals surface area (Å²) < 4.78 is 44.8. The van der Waals surface area contributed by atoms with Crippen molar-refractivity contribution in [3.63, 3.8) is 0 Å². The normalized spacial score (nSPS) is 9.90. The van der Waals surface area contributed by atoms with Crippen molar-refractivity contribution in [2.45, 2.75) is 6.61 Å². The molecule has 0 spiro atoms. The average molecular weight is 291 g/mol. The van der Waals surface area contributed by atoms with E-state index >= 15 is 0 Å². The second-order valence-corrected chi connectivity index (χ2v) is 4.18. The highest BCUT2D eigenvalue weighted by Crippen LogP contribution is 2.18. The summed E-state index contributed by atoms with van der Waals surface area (Å²) in [6, 6.07) is 7.57. The Morgan fingerprint density at radius 1 is 0.952 bits per heavy atom. The van der Waals surface area contributed by atoms with Gasteiger partial charge in [0.25, 0.3) is 0 Å². The molecule has 0 amide bonds. The zero-order valence-electron chi connectivity index (χ0n) is 11.0. The first kappa shape index (κ1) is 14.9. The summed E-state index contributed by atoms with van der Waals surface area (Å²) in [5.41, 5.74) is 6.03. The lowest BCUT2D eigenvalue weighted by Crippen LogP contribution is -2.00. The minimum atomic E-state index is -1.01. The van der Waals surface area contributed by atoms with Crippen molar-refractivity contribution in [1.82, 2.24) is 0 Å². The van der Waals surface area contributed by atoms with Crippen LogP contribution in [0.1, 0.15) is 11.1 Å². The van der Waals surface area contributed by atoms with Gasteiger partial charge in [-0.15, -0.1) is 0 Å². The molecule has 2 rings (SSSR count). The molecular weight excluding hydrogens is 279 g/mol. The molecule has 5 heteroatoms. The monoisotopic (exact) mass is 291 g/mol. The van der Waals surface area contributed by atoms with Crippen molar-refractivity contribution in [2.24, 2.45) is 5.73 Å². The second kappa shape index (κ2) is 6.82. The number of hydrogen-bond donors (Lipinski definition) is 1. The van der Waals surface area contributed by atoms with Crippen LogP contribution in [0.15, 0.2) is 36.4 Å². The van der Waals surface area contributed by atoms with Crippen LogP contribution in [0.2, 0.25) is 0 Å². The predicted molar refractivity (Wildman–Crippen MR) is 73.0 cm³/mol. The second-order valence-electron chi connectivity index (χ2n) is 4.18. The molecule has 0 atom stereocenters. The minimum Gasteiger partial charge on any atom is -0.489 e. The van der Waals surface area contributed by atoms with Gasteiger partial charge in [-0.25, -0.2) is 13.2 Å². The Labute approximate surface area is 120 Å². The molecule has 21 heavy (non-hydrogen) atoms. The smallest absolute Gasteiger partial charge is 0.162 e. The van der Waals surface area contributed by atoms with Crippen LogP contribution in [-0.2, 0) is 6.61 Å². The molecule has 2 N–H and O–H groups in total. The minimum absolute atomic E-state index is 0.0957. The molecule has 0 aromatic heterocycles. The van der Waals surface area contributed by atoms with Gasteiger partial charge in [0.15, 0.2) is 11.6 Å². The molecule has 0 radical (unpaired) electrons. The summed E-state index contributed by atoms with van der Waals surface area (Å²) in [6.07, 6.45) is 0. The quantitative estimate of drug-likeness (QED) is 0.882. The molecule has 0 aliphatic rings. The van der Waals surface area contributed by atoms with Crippen molar-refractivity contribution in [3.8, 4) is 17.6 Å². The lowest BCUT2D eigenvalue weighted by Gasteiger charge is -2.07. The summed E-state index contributed by atoms with van der Waals surface area (Å²) in [5.74, 6) is 3.00. The van der Waals surface area contributed by atoms with E-state index in [-0.39, 0.29) is 24.5 Å².